The van der Waals surface area contributed by atoms with Crippen molar-refractivity contribution in [2.45, 2.75) is 32.1 Å². The summed E-state index contributed by atoms with van der Waals surface area (Å²) in [5, 5.41) is 0. The van der Waals surface area contributed by atoms with Crippen LogP contribution < -0.4 is 0 Å². The lowest BCUT2D eigenvalue weighted by Gasteiger charge is -2.08. The molecule has 0 aliphatic heterocycles. The SMILES string of the molecule is C=CCC1CC=CCCC1. The number of allylic oxidation sites excluding steroid dienone is 3. The van der Waals surface area contributed by atoms with Crippen molar-refractivity contribution in [3.8, 4) is 0 Å². The number of hydrogen-bond acceptors (Lipinski definition) is 0. The molecule has 0 N–H and O–H groups in total. The highest BCUT2D eigenvalue weighted by Gasteiger charge is 2.05. The van der Waals surface area contributed by atoms with Crippen molar-refractivity contribution < 1.29 is 0 Å². The molecule has 56 valence electrons. The molecular weight excluding hydrogens is 120 g/mol. The molecule has 10 heavy (non-hydrogen) atoms. The molecule has 1 rings (SSSR count). The highest BCUT2D eigenvalue weighted by Crippen LogP contribution is 2.21. The fourth-order valence-electron chi connectivity index (χ4n) is 1.50. The quantitative estimate of drug-likeness (QED) is 0.511. The van der Waals surface area contributed by atoms with Crippen molar-refractivity contribution in [3.05, 3.63) is 24.8 Å². The summed E-state index contributed by atoms with van der Waals surface area (Å²) in [4.78, 5) is 0. The highest BCUT2D eigenvalue weighted by atomic mass is 14.1. The van der Waals surface area contributed by atoms with Crippen molar-refractivity contribution in [2.24, 2.45) is 5.92 Å². The molecule has 0 saturated heterocycles. The minimum atomic E-state index is 0.885. The maximum atomic E-state index is 3.76. The highest BCUT2D eigenvalue weighted by molar-refractivity contribution is 4.89. The van der Waals surface area contributed by atoms with E-state index in [0.29, 0.717) is 0 Å². The molecule has 0 aromatic heterocycles. The molecule has 0 nitrogen and oxygen atoms in total. The largest absolute Gasteiger partial charge is 0.103 e. The fraction of sp³-hybridized carbons (Fsp3) is 0.600. The first-order valence-corrected chi connectivity index (χ1v) is 4.19. The molecule has 0 heteroatoms. The first-order valence-electron chi connectivity index (χ1n) is 4.19. The van der Waals surface area contributed by atoms with Crippen LogP contribution in [0.2, 0.25) is 0 Å². The molecule has 0 bridgehead atoms. The van der Waals surface area contributed by atoms with E-state index in [1.807, 2.05) is 6.08 Å². The van der Waals surface area contributed by atoms with Crippen molar-refractivity contribution in [2.75, 3.05) is 0 Å². The summed E-state index contributed by atoms with van der Waals surface area (Å²) >= 11 is 0. The standard InChI is InChI=1S/C10H16/c1-2-7-10-8-5-3-4-6-9-10/h2-3,5,10H,1,4,6-9H2. The van der Waals surface area contributed by atoms with Crippen molar-refractivity contribution >= 4 is 0 Å². The van der Waals surface area contributed by atoms with Crippen LogP contribution in [-0.4, -0.2) is 0 Å². The smallest absolute Gasteiger partial charge is 0.0319 e. The number of rotatable bonds is 2. The molecule has 1 aliphatic carbocycles. The first-order chi connectivity index (χ1) is 4.93. The van der Waals surface area contributed by atoms with Gasteiger partial charge in [0.25, 0.3) is 0 Å². The zero-order valence-corrected chi connectivity index (χ0v) is 6.55. The average Bonchev–Trinajstić information content (AvgIpc) is 2.17. The third kappa shape index (κ3) is 2.38. The van der Waals surface area contributed by atoms with Gasteiger partial charge >= 0.3 is 0 Å². The van der Waals surface area contributed by atoms with Gasteiger partial charge in [0.2, 0.25) is 0 Å². The molecule has 0 aromatic rings. The van der Waals surface area contributed by atoms with Crippen LogP contribution in [0.15, 0.2) is 24.8 Å². The summed E-state index contributed by atoms with van der Waals surface area (Å²) in [6.07, 6.45) is 13.2. The average molecular weight is 136 g/mol. The Bertz CT molecular complexity index is 122. The maximum Gasteiger partial charge on any atom is -0.0319 e. The summed E-state index contributed by atoms with van der Waals surface area (Å²) in [6, 6.07) is 0. The van der Waals surface area contributed by atoms with Crippen molar-refractivity contribution in [3.63, 3.8) is 0 Å². The van der Waals surface area contributed by atoms with Gasteiger partial charge in [0.15, 0.2) is 0 Å². The third-order valence-electron chi connectivity index (χ3n) is 2.12. The van der Waals surface area contributed by atoms with Crippen LogP contribution in [0.4, 0.5) is 0 Å². The normalized spacial score (nSPS) is 25.8. The van der Waals surface area contributed by atoms with Crippen molar-refractivity contribution in [1.82, 2.24) is 0 Å². The van der Waals surface area contributed by atoms with Gasteiger partial charge in [0, 0.05) is 0 Å². The van der Waals surface area contributed by atoms with E-state index in [2.05, 4.69) is 18.7 Å². The predicted molar refractivity (Wildman–Crippen MR) is 45.9 cm³/mol. The third-order valence-corrected chi connectivity index (χ3v) is 2.12. The van der Waals surface area contributed by atoms with E-state index in [0.717, 1.165) is 5.92 Å². The van der Waals surface area contributed by atoms with E-state index in [-0.39, 0.29) is 0 Å². The van der Waals surface area contributed by atoms with Crippen LogP contribution in [0.25, 0.3) is 0 Å². The molecule has 1 atom stereocenters. The second kappa shape index (κ2) is 4.32. The summed E-state index contributed by atoms with van der Waals surface area (Å²) < 4.78 is 0. The Kier molecular flexibility index (Phi) is 3.28. The van der Waals surface area contributed by atoms with Gasteiger partial charge < -0.3 is 0 Å². The van der Waals surface area contributed by atoms with E-state index in [4.69, 9.17) is 0 Å². The van der Waals surface area contributed by atoms with E-state index in [9.17, 15) is 0 Å². The summed E-state index contributed by atoms with van der Waals surface area (Å²) in [7, 11) is 0. The lowest BCUT2D eigenvalue weighted by atomic mass is 9.97. The zero-order valence-electron chi connectivity index (χ0n) is 6.55. The van der Waals surface area contributed by atoms with Crippen molar-refractivity contribution in [1.29, 1.82) is 0 Å². The molecular formula is C10H16. The van der Waals surface area contributed by atoms with Crippen LogP contribution in [0.3, 0.4) is 0 Å². The molecule has 0 amide bonds. The fourth-order valence-corrected chi connectivity index (χ4v) is 1.50. The maximum absolute atomic E-state index is 3.76. The Balaban J connectivity index is 2.29. The van der Waals surface area contributed by atoms with Gasteiger partial charge in [-0.2, -0.15) is 0 Å². The van der Waals surface area contributed by atoms with Gasteiger partial charge in [-0.15, -0.1) is 6.58 Å². The minimum absolute atomic E-state index is 0.885. The minimum Gasteiger partial charge on any atom is -0.103 e. The lowest BCUT2D eigenvalue weighted by molar-refractivity contribution is 0.492. The summed E-state index contributed by atoms with van der Waals surface area (Å²) in [6.45, 7) is 3.76. The summed E-state index contributed by atoms with van der Waals surface area (Å²) in [5.74, 6) is 0.885. The zero-order chi connectivity index (χ0) is 7.23. The van der Waals surface area contributed by atoms with Crippen LogP contribution in [-0.2, 0) is 0 Å². The Hall–Kier alpha value is -0.520. The van der Waals surface area contributed by atoms with E-state index in [1.165, 1.54) is 32.1 Å². The van der Waals surface area contributed by atoms with Gasteiger partial charge in [0.05, 0.1) is 0 Å². The number of hydrogen-bond donors (Lipinski definition) is 0. The van der Waals surface area contributed by atoms with Crippen LogP contribution in [0, 0.1) is 5.92 Å². The second-order valence-electron chi connectivity index (χ2n) is 3.03. The molecule has 0 radical (unpaired) electrons. The Labute approximate surface area is 63.6 Å². The van der Waals surface area contributed by atoms with Gasteiger partial charge in [-0.05, 0) is 38.0 Å². The summed E-state index contributed by atoms with van der Waals surface area (Å²) in [5.41, 5.74) is 0. The van der Waals surface area contributed by atoms with Gasteiger partial charge in [-0.3, -0.25) is 0 Å². The monoisotopic (exact) mass is 136 g/mol. The van der Waals surface area contributed by atoms with Gasteiger partial charge in [-0.1, -0.05) is 18.2 Å². The molecule has 0 fully saturated rings. The Morgan fingerprint density at radius 2 is 2.40 bits per heavy atom. The Morgan fingerprint density at radius 3 is 3.20 bits per heavy atom. The Morgan fingerprint density at radius 1 is 1.50 bits per heavy atom. The second-order valence-corrected chi connectivity index (χ2v) is 3.03. The lowest BCUT2D eigenvalue weighted by Crippen LogP contribution is -1.94. The molecule has 0 aromatic carbocycles. The van der Waals surface area contributed by atoms with Gasteiger partial charge in [-0.25, -0.2) is 0 Å². The molecule has 1 aliphatic rings. The molecule has 0 saturated carbocycles. The first kappa shape index (κ1) is 7.59. The molecule has 0 spiro atoms. The van der Waals surface area contributed by atoms with Crippen LogP contribution in [0.5, 0.6) is 0 Å². The topological polar surface area (TPSA) is 0 Å². The van der Waals surface area contributed by atoms with Crippen LogP contribution >= 0.6 is 0 Å². The van der Waals surface area contributed by atoms with E-state index >= 15 is 0 Å². The predicted octanol–water partition coefficient (Wildman–Crippen LogP) is 3.31. The van der Waals surface area contributed by atoms with Crippen LogP contribution in [0.1, 0.15) is 32.1 Å². The molecule has 1 unspecified atom stereocenters. The molecule has 0 heterocycles. The van der Waals surface area contributed by atoms with Gasteiger partial charge in [0.1, 0.15) is 0 Å². The van der Waals surface area contributed by atoms with E-state index < -0.39 is 0 Å². The van der Waals surface area contributed by atoms with E-state index in [1.54, 1.807) is 0 Å².